The summed E-state index contributed by atoms with van der Waals surface area (Å²) in [6.45, 7) is -0.498. The molecule has 13 heteroatoms. The fourth-order valence-corrected chi connectivity index (χ4v) is 3.86. The summed E-state index contributed by atoms with van der Waals surface area (Å²) in [6.07, 6.45) is -5.13. The summed E-state index contributed by atoms with van der Waals surface area (Å²) in [5.74, 6) is -2.74. The van der Waals surface area contributed by atoms with Crippen molar-refractivity contribution in [1.82, 2.24) is 4.90 Å². The Hall–Kier alpha value is -4.00. The van der Waals surface area contributed by atoms with E-state index >= 15 is 0 Å². The molecule has 0 unspecified atom stereocenters. The van der Waals surface area contributed by atoms with Crippen molar-refractivity contribution in [2.75, 3.05) is 31.0 Å². The zero-order valence-corrected chi connectivity index (χ0v) is 19.8. The van der Waals surface area contributed by atoms with Crippen LogP contribution in [0.2, 0.25) is 0 Å². The monoisotopic (exact) mass is 523 g/mol. The van der Waals surface area contributed by atoms with Crippen molar-refractivity contribution in [1.29, 1.82) is 0 Å². The Labute approximate surface area is 208 Å². The van der Waals surface area contributed by atoms with E-state index in [1.807, 2.05) is 0 Å². The molecule has 1 atom stereocenters. The molecule has 9 nitrogen and oxygen atoms in total. The third kappa shape index (κ3) is 5.79. The lowest BCUT2D eigenvalue weighted by molar-refractivity contribution is -0.142. The standard InChI is InChI=1S/C23H20F3N3O6S/c1-34-19(31)12-28-17(11-18(30)27-15-8-6-13(7-9-15)21(33)35-2)20(32)29(22(28)36)16-5-3-4-14(10-16)23(24,25)26/h3-10,17H,11-12H2,1-2H3,(H,27,30)/t17-/m1/s1. The SMILES string of the molecule is COC(=O)CN1C(=S)N(c2cccc(C(F)(F)F)c2)C(=O)[C@H]1CC(=O)Nc1ccc(C(=O)OC)cc1. The number of rotatable bonds is 7. The van der Waals surface area contributed by atoms with E-state index in [1.165, 1.54) is 37.4 Å². The number of halogens is 3. The number of hydrogen-bond acceptors (Lipinski definition) is 7. The summed E-state index contributed by atoms with van der Waals surface area (Å²) in [5.41, 5.74) is -0.578. The van der Waals surface area contributed by atoms with E-state index in [-0.39, 0.29) is 16.4 Å². The number of thiocarbonyl (C=S) groups is 1. The molecule has 0 aliphatic carbocycles. The van der Waals surface area contributed by atoms with E-state index in [0.29, 0.717) is 5.69 Å². The molecule has 0 spiro atoms. The molecule has 1 N–H and O–H groups in total. The van der Waals surface area contributed by atoms with Gasteiger partial charge in [0.15, 0.2) is 5.11 Å². The molecule has 1 aliphatic rings. The van der Waals surface area contributed by atoms with Crippen molar-refractivity contribution in [2.24, 2.45) is 0 Å². The highest BCUT2D eigenvalue weighted by Gasteiger charge is 2.45. The van der Waals surface area contributed by atoms with Crippen molar-refractivity contribution in [3.8, 4) is 0 Å². The van der Waals surface area contributed by atoms with E-state index in [2.05, 4.69) is 14.8 Å². The summed E-state index contributed by atoms with van der Waals surface area (Å²) in [7, 11) is 2.34. The molecule has 190 valence electrons. The largest absolute Gasteiger partial charge is 0.468 e. The van der Waals surface area contributed by atoms with Crippen LogP contribution in [0.15, 0.2) is 48.5 Å². The molecule has 0 saturated carbocycles. The highest BCUT2D eigenvalue weighted by molar-refractivity contribution is 7.80. The first-order valence-electron chi connectivity index (χ1n) is 10.3. The second-order valence-electron chi connectivity index (χ2n) is 7.55. The number of hydrogen-bond donors (Lipinski definition) is 1. The second kappa shape index (κ2) is 10.7. The zero-order chi connectivity index (χ0) is 26.6. The minimum absolute atomic E-state index is 0.156. The minimum Gasteiger partial charge on any atom is -0.468 e. The molecule has 2 amide bonds. The lowest BCUT2D eigenvalue weighted by atomic mass is 10.1. The smallest absolute Gasteiger partial charge is 0.416 e. The van der Waals surface area contributed by atoms with Crippen LogP contribution in [0.3, 0.4) is 0 Å². The van der Waals surface area contributed by atoms with Crippen LogP contribution < -0.4 is 10.2 Å². The molecule has 36 heavy (non-hydrogen) atoms. The van der Waals surface area contributed by atoms with Crippen LogP contribution in [0.25, 0.3) is 0 Å². The van der Waals surface area contributed by atoms with Gasteiger partial charge >= 0.3 is 18.1 Å². The van der Waals surface area contributed by atoms with E-state index in [0.717, 1.165) is 35.1 Å². The average Bonchev–Trinajstić information content (AvgIpc) is 3.07. The highest BCUT2D eigenvalue weighted by Crippen LogP contribution is 2.34. The topological polar surface area (TPSA) is 105 Å². The number of esters is 2. The molecular weight excluding hydrogens is 503 g/mol. The number of methoxy groups -OCH3 is 2. The third-order valence-corrected chi connectivity index (χ3v) is 5.66. The fourth-order valence-electron chi connectivity index (χ4n) is 3.47. The molecular formula is C23H20F3N3O6S. The normalized spacial score (nSPS) is 15.6. The highest BCUT2D eigenvalue weighted by atomic mass is 32.1. The number of nitrogens with one attached hydrogen (secondary N) is 1. The Morgan fingerprint density at radius 1 is 1.06 bits per heavy atom. The van der Waals surface area contributed by atoms with Crippen LogP contribution in [0.4, 0.5) is 24.5 Å². The van der Waals surface area contributed by atoms with Crippen LogP contribution in [0.5, 0.6) is 0 Å². The Bertz CT molecular complexity index is 1200. The van der Waals surface area contributed by atoms with E-state index in [1.54, 1.807) is 0 Å². The average molecular weight is 523 g/mol. The van der Waals surface area contributed by atoms with Crippen LogP contribution >= 0.6 is 12.2 Å². The van der Waals surface area contributed by atoms with E-state index in [4.69, 9.17) is 12.2 Å². The van der Waals surface area contributed by atoms with Crippen LogP contribution in [-0.4, -0.2) is 60.6 Å². The molecule has 1 saturated heterocycles. The van der Waals surface area contributed by atoms with E-state index in [9.17, 15) is 32.3 Å². The van der Waals surface area contributed by atoms with Gasteiger partial charge in [-0.25, -0.2) is 4.79 Å². The number of carbonyl (C=O) groups is 4. The second-order valence-corrected chi connectivity index (χ2v) is 7.91. The lowest BCUT2D eigenvalue weighted by Crippen LogP contribution is -2.41. The van der Waals surface area contributed by atoms with Crippen LogP contribution in [0, 0.1) is 0 Å². The fraction of sp³-hybridized carbons (Fsp3) is 0.261. The summed E-state index contributed by atoms with van der Waals surface area (Å²) < 4.78 is 48.8. The maximum absolute atomic E-state index is 13.2. The first-order chi connectivity index (χ1) is 17.0. The zero-order valence-electron chi connectivity index (χ0n) is 19.0. The summed E-state index contributed by atoms with van der Waals surface area (Å²) in [4.78, 5) is 51.4. The number of carbonyl (C=O) groups excluding carboxylic acids is 4. The molecule has 1 aliphatic heterocycles. The predicted octanol–water partition coefficient (Wildman–Crippen LogP) is 3.00. The van der Waals surface area contributed by atoms with Gasteiger partial charge in [-0.05, 0) is 54.7 Å². The maximum Gasteiger partial charge on any atom is 0.416 e. The van der Waals surface area contributed by atoms with Crippen LogP contribution in [-0.2, 0) is 30.0 Å². The molecule has 2 aromatic rings. The Balaban J connectivity index is 1.84. The molecule has 0 aromatic heterocycles. The molecule has 0 radical (unpaired) electrons. The van der Waals surface area contributed by atoms with Crippen molar-refractivity contribution in [3.05, 3.63) is 59.7 Å². The summed E-state index contributed by atoms with van der Waals surface area (Å²) in [5, 5.41) is 2.32. The summed E-state index contributed by atoms with van der Waals surface area (Å²) in [6, 6.07) is 8.46. The van der Waals surface area contributed by atoms with Crippen molar-refractivity contribution in [3.63, 3.8) is 0 Å². The first kappa shape index (κ1) is 26.6. The lowest BCUT2D eigenvalue weighted by Gasteiger charge is -2.22. The van der Waals surface area contributed by atoms with Gasteiger partial charge in [0.25, 0.3) is 5.91 Å². The van der Waals surface area contributed by atoms with Gasteiger partial charge < -0.3 is 19.7 Å². The van der Waals surface area contributed by atoms with Gasteiger partial charge in [0, 0.05) is 5.69 Å². The van der Waals surface area contributed by atoms with Gasteiger partial charge in [-0.3, -0.25) is 19.3 Å². The molecule has 3 rings (SSSR count). The Morgan fingerprint density at radius 2 is 1.72 bits per heavy atom. The number of alkyl halides is 3. The number of nitrogens with zero attached hydrogens (tertiary/aromatic N) is 2. The quantitative estimate of drug-likeness (QED) is 0.436. The number of amides is 2. The Kier molecular flexibility index (Phi) is 7.93. The van der Waals surface area contributed by atoms with Crippen molar-refractivity contribution < 1.29 is 41.8 Å². The minimum atomic E-state index is -4.66. The van der Waals surface area contributed by atoms with Crippen molar-refractivity contribution in [2.45, 2.75) is 18.6 Å². The summed E-state index contributed by atoms with van der Waals surface area (Å²) >= 11 is 5.30. The first-order valence-corrected chi connectivity index (χ1v) is 10.7. The maximum atomic E-state index is 13.2. The van der Waals surface area contributed by atoms with Gasteiger partial charge in [-0.15, -0.1) is 0 Å². The number of benzene rings is 2. The molecule has 0 bridgehead atoms. The third-order valence-electron chi connectivity index (χ3n) is 5.25. The van der Waals surface area contributed by atoms with Gasteiger partial charge in [0.05, 0.1) is 37.5 Å². The van der Waals surface area contributed by atoms with Gasteiger partial charge in [-0.1, -0.05) is 6.07 Å². The Morgan fingerprint density at radius 3 is 2.31 bits per heavy atom. The van der Waals surface area contributed by atoms with Crippen LogP contribution in [0.1, 0.15) is 22.3 Å². The predicted molar refractivity (Wildman–Crippen MR) is 125 cm³/mol. The van der Waals surface area contributed by atoms with E-state index < -0.39 is 54.5 Å². The van der Waals surface area contributed by atoms with Gasteiger partial charge in [0.1, 0.15) is 12.6 Å². The van der Waals surface area contributed by atoms with Crippen molar-refractivity contribution >= 4 is 52.5 Å². The van der Waals surface area contributed by atoms with Gasteiger partial charge in [0.2, 0.25) is 5.91 Å². The number of ether oxygens (including phenoxy) is 2. The van der Waals surface area contributed by atoms with Gasteiger partial charge in [-0.2, -0.15) is 13.2 Å². The number of anilines is 2. The molecule has 1 heterocycles. The molecule has 1 fully saturated rings. The molecule has 2 aromatic carbocycles.